The van der Waals surface area contributed by atoms with Crippen LogP contribution in [0.25, 0.3) is 6.08 Å². The van der Waals surface area contributed by atoms with E-state index in [1.54, 1.807) is 50.4 Å². The third-order valence-corrected chi connectivity index (χ3v) is 3.62. The Bertz CT molecular complexity index is 777. The summed E-state index contributed by atoms with van der Waals surface area (Å²) in [5, 5.41) is 0. The highest BCUT2D eigenvalue weighted by atomic mass is 16.5. The molecule has 2 aromatic carbocycles. The van der Waals surface area contributed by atoms with Gasteiger partial charge in [-0.15, -0.1) is 0 Å². The zero-order valence-electron chi connectivity index (χ0n) is 15.1. The van der Waals surface area contributed by atoms with E-state index in [4.69, 9.17) is 14.2 Å². The molecule has 0 fully saturated rings. The highest BCUT2D eigenvalue weighted by Crippen LogP contribution is 2.15. The number of carbonyl (C=O) groups is 2. The van der Waals surface area contributed by atoms with Crippen molar-refractivity contribution in [2.45, 2.75) is 20.0 Å². The SMILES string of the molecule is CCOc1ccc(C(=O)[C@H](C)OC(=O)/C=C/c2cccc(OC)c2)cc1. The Hall–Kier alpha value is -3.08. The van der Waals surface area contributed by atoms with Crippen LogP contribution in [0.1, 0.15) is 29.8 Å². The number of carbonyl (C=O) groups excluding carboxylic acids is 2. The zero-order chi connectivity index (χ0) is 18.9. The van der Waals surface area contributed by atoms with Crippen LogP contribution < -0.4 is 9.47 Å². The molecule has 2 aromatic rings. The van der Waals surface area contributed by atoms with Crippen LogP contribution in [0.15, 0.2) is 54.6 Å². The molecule has 0 radical (unpaired) electrons. The lowest BCUT2D eigenvalue weighted by molar-refractivity contribution is -0.140. The van der Waals surface area contributed by atoms with Crippen LogP contribution in [0, 0.1) is 0 Å². The molecule has 0 heterocycles. The van der Waals surface area contributed by atoms with Gasteiger partial charge in [0.2, 0.25) is 5.78 Å². The normalized spacial score (nSPS) is 11.8. The number of Topliss-reactive ketones (excluding diaryl/α,β-unsaturated/α-hetero) is 1. The quantitative estimate of drug-likeness (QED) is 0.408. The summed E-state index contributed by atoms with van der Waals surface area (Å²) in [7, 11) is 1.57. The van der Waals surface area contributed by atoms with Crippen molar-refractivity contribution in [1.29, 1.82) is 0 Å². The van der Waals surface area contributed by atoms with E-state index in [2.05, 4.69) is 0 Å². The molecule has 0 aromatic heterocycles. The maximum atomic E-state index is 12.3. The molecule has 0 aliphatic carbocycles. The number of rotatable bonds is 8. The molecule has 0 aliphatic rings. The van der Waals surface area contributed by atoms with Crippen LogP contribution in [0.4, 0.5) is 0 Å². The number of esters is 1. The van der Waals surface area contributed by atoms with Crippen LogP contribution in [-0.2, 0) is 9.53 Å². The minimum absolute atomic E-state index is 0.267. The molecule has 1 atom stereocenters. The predicted octanol–water partition coefficient (Wildman–Crippen LogP) is 3.92. The third kappa shape index (κ3) is 5.48. The van der Waals surface area contributed by atoms with Crippen molar-refractivity contribution in [3.8, 4) is 11.5 Å². The fourth-order valence-electron chi connectivity index (χ4n) is 2.29. The van der Waals surface area contributed by atoms with Crippen molar-refractivity contribution in [3.05, 3.63) is 65.7 Å². The van der Waals surface area contributed by atoms with Gasteiger partial charge >= 0.3 is 5.97 Å². The van der Waals surface area contributed by atoms with Crippen LogP contribution in [-0.4, -0.2) is 31.6 Å². The largest absolute Gasteiger partial charge is 0.497 e. The van der Waals surface area contributed by atoms with Crippen molar-refractivity contribution < 1.29 is 23.8 Å². The Morgan fingerprint density at radius 1 is 1.08 bits per heavy atom. The monoisotopic (exact) mass is 354 g/mol. The van der Waals surface area contributed by atoms with Gasteiger partial charge < -0.3 is 14.2 Å². The minimum Gasteiger partial charge on any atom is -0.497 e. The van der Waals surface area contributed by atoms with Crippen LogP contribution in [0.5, 0.6) is 11.5 Å². The van der Waals surface area contributed by atoms with Crippen LogP contribution in [0.2, 0.25) is 0 Å². The molecule has 0 unspecified atom stereocenters. The summed E-state index contributed by atoms with van der Waals surface area (Å²) in [6.07, 6.45) is 2.02. The van der Waals surface area contributed by atoms with Gasteiger partial charge in [-0.05, 0) is 61.9 Å². The van der Waals surface area contributed by atoms with Gasteiger partial charge in [-0.3, -0.25) is 4.79 Å². The minimum atomic E-state index is -0.879. The maximum Gasteiger partial charge on any atom is 0.331 e. The fourth-order valence-corrected chi connectivity index (χ4v) is 2.29. The molecule has 26 heavy (non-hydrogen) atoms. The van der Waals surface area contributed by atoms with E-state index < -0.39 is 12.1 Å². The molecule has 5 heteroatoms. The van der Waals surface area contributed by atoms with E-state index in [0.29, 0.717) is 23.7 Å². The number of ketones is 1. The summed E-state index contributed by atoms with van der Waals surface area (Å²) in [6, 6.07) is 14.0. The van der Waals surface area contributed by atoms with E-state index in [1.807, 2.05) is 25.1 Å². The second-order valence-electron chi connectivity index (χ2n) is 5.51. The number of hydrogen-bond donors (Lipinski definition) is 0. The fraction of sp³-hybridized carbons (Fsp3) is 0.238. The summed E-state index contributed by atoms with van der Waals surface area (Å²) in [4.78, 5) is 24.3. The Balaban J connectivity index is 1.94. The Morgan fingerprint density at radius 3 is 2.46 bits per heavy atom. The molecule has 0 aliphatic heterocycles. The summed E-state index contributed by atoms with van der Waals surface area (Å²) in [5.74, 6) is 0.533. The smallest absolute Gasteiger partial charge is 0.331 e. The van der Waals surface area contributed by atoms with Crippen LogP contribution in [0.3, 0.4) is 0 Å². The molecule has 0 N–H and O–H groups in total. The second kappa shape index (κ2) is 9.42. The molecular formula is C21H22O5. The van der Waals surface area contributed by atoms with Gasteiger partial charge in [-0.1, -0.05) is 12.1 Å². The van der Waals surface area contributed by atoms with E-state index in [0.717, 1.165) is 5.56 Å². The third-order valence-electron chi connectivity index (χ3n) is 3.62. The standard InChI is InChI=1S/C21H22O5/c1-4-25-18-11-9-17(10-12-18)21(23)15(2)26-20(22)13-8-16-6-5-7-19(14-16)24-3/h5-15H,4H2,1-3H3/b13-8+/t15-/m0/s1. The Morgan fingerprint density at radius 2 is 1.81 bits per heavy atom. The van der Waals surface area contributed by atoms with Crippen molar-refractivity contribution >= 4 is 17.8 Å². The average Bonchev–Trinajstić information content (AvgIpc) is 2.67. The summed E-state index contributed by atoms with van der Waals surface area (Å²) in [5.41, 5.74) is 1.26. The lowest BCUT2D eigenvalue weighted by Crippen LogP contribution is -2.23. The van der Waals surface area contributed by atoms with Crippen molar-refractivity contribution in [3.63, 3.8) is 0 Å². The molecule has 136 valence electrons. The molecule has 0 saturated heterocycles. The van der Waals surface area contributed by atoms with Gasteiger partial charge in [-0.2, -0.15) is 0 Å². The first-order valence-electron chi connectivity index (χ1n) is 8.33. The highest BCUT2D eigenvalue weighted by molar-refractivity contribution is 6.01. The highest BCUT2D eigenvalue weighted by Gasteiger charge is 2.18. The van der Waals surface area contributed by atoms with E-state index in [1.165, 1.54) is 6.08 Å². The first-order chi connectivity index (χ1) is 12.5. The van der Waals surface area contributed by atoms with Gasteiger partial charge in [0, 0.05) is 11.6 Å². The van der Waals surface area contributed by atoms with Gasteiger partial charge in [0.25, 0.3) is 0 Å². The zero-order valence-corrected chi connectivity index (χ0v) is 15.1. The van der Waals surface area contributed by atoms with E-state index >= 15 is 0 Å². The van der Waals surface area contributed by atoms with Crippen LogP contribution >= 0.6 is 0 Å². The van der Waals surface area contributed by atoms with Gasteiger partial charge in [0.1, 0.15) is 11.5 Å². The Kier molecular flexibility index (Phi) is 6.97. The first kappa shape index (κ1) is 19.2. The number of methoxy groups -OCH3 is 1. The first-order valence-corrected chi connectivity index (χ1v) is 8.33. The van der Waals surface area contributed by atoms with Crippen molar-refractivity contribution in [1.82, 2.24) is 0 Å². The molecule has 2 rings (SSSR count). The van der Waals surface area contributed by atoms with E-state index in [-0.39, 0.29) is 5.78 Å². The predicted molar refractivity (Wildman–Crippen MR) is 99.5 cm³/mol. The summed E-state index contributed by atoms with van der Waals surface area (Å²) in [6.45, 7) is 4.00. The topological polar surface area (TPSA) is 61.8 Å². The molecular weight excluding hydrogens is 332 g/mol. The van der Waals surface area contributed by atoms with Gasteiger partial charge in [0.15, 0.2) is 6.10 Å². The molecule has 0 saturated carbocycles. The molecule has 5 nitrogen and oxygen atoms in total. The average molecular weight is 354 g/mol. The van der Waals surface area contributed by atoms with E-state index in [9.17, 15) is 9.59 Å². The van der Waals surface area contributed by atoms with Crippen molar-refractivity contribution in [2.24, 2.45) is 0 Å². The second-order valence-corrected chi connectivity index (χ2v) is 5.51. The lowest BCUT2D eigenvalue weighted by Gasteiger charge is -2.11. The van der Waals surface area contributed by atoms with Gasteiger partial charge in [0.05, 0.1) is 13.7 Å². The molecule has 0 amide bonds. The summed E-state index contributed by atoms with van der Waals surface area (Å²) < 4.78 is 15.7. The maximum absolute atomic E-state index is 12.3. The molecule has 0 spiro atoms. The number of benzene rings is 2. The number of ether oxygens (including phenoxy) is 3. The van der Waals surface area contributed by atoms with Gasteiger partial charge in [-0.25, -0.2) is 4.79 Å². The Labute approximate surface area is 153 Å². The molecule has 0 bridgehead atoms. The summed E-state index contributed by atoms with van der Waals surface area (Å²) >= 11 is 0. The van der Waals surface area contributed by atoms with Crippen molar-refractivity contribution in [2.75, 3.05) is 13.7 Å². The lowest BCUT2D eigenvalue weighted by atomic mass is 10.1. The number of hydrogen-bond acceptors (Lipinski definition) is 5.